The van der Waals surface area contributed by atoms with Crippen LogP contribution in [0, 0.1) is 0 Å². The minimum Gasteiger partial charge on any atom is -0.382 e. The number of aromatic nitrogens is 2. The summed E-state index contributed by atoms with van der Waals surface area (Å²) in [6.07, 6.45) is 0.539. The molecule has 0 radical (unpaired) electrons. The van der Waals surface area contributed by atoms with Crippen LogP contribution < -0.4 is 22.5 Å². The average Bonchev–Trinajstić information content (AvgIpc) is 2.54. The first kappa shape index (κ1) is 16.2. The lowest BCUT2D eigenvalue weighted by Crippen LogP contribution is -2.38. The van der Waals surface area contributed by atoms with Gasteiger partial charge in [-0.2, -0.15) is 0 Å². The molecule has 0 unspecified atom stereocenters. The summed E-state index contributed by atoms with van der Waals surface area (Å²) in [5, 5.41) is 2.44. The lowest BCUT2D eigenvalue weighted by Gasteiger charge is -2.09. The topological polar surface area (TPSA) is 145 Å². The van der Waals surface area contributed by atoms with Crippen LogP contribution in [0.1, 0.15) is 28.7 Å². The normalized spacial score (nSPS) is 11.3. The Balaban J connectivity index is 2.09. The Hall–Kier alpha value is -3.16. The first-order valence-electron chi connectivity index (χ1n) is 7.08. The monoisotopic (exact) mass is 313 g/mol. The Labute approximate surface area is 133 Å². The molecule has 0 aliphatic carbocycles. The Bertz CT molecular complexity index is 728. The van der Waals surface area contributed by atoms with Crippen molar-refractivity contribution < 1.29 is 4.79 Å². The molecule has 120 valence electrons. The van der Waals surface area contributed by atoms with E-state index in [-0.39, 0.29) is 23.3 Å². The zero-order chi connectivity index (χ0) is 16.8. The molecule has 0 fully saturated rings. The number of guanidine groups is 1. The highest BCUT2D eigenvalue weighted by atomic mass is 16.2. The number of carbonyl (C=O) groups excluding carboxylic acids is 1. The maximum Gasteiger partial charge on any atom is 0.280 e. The molecule has 0 atom stereocenters. The van der Waals surface area contributed by atoms with Crippen molar-refractivity contribution in [3.8, 4) is 0 Å². The van der Waals surface area contributed by atoms with Gasteiger partial charge in [0.15, 0.2) is 17.5 Å². The van der Waals surface area contributed by atoms with Crippen LogP contribution in [0.2, 0.25) is 0 Å². The van der Waals surface area contributed by atoms with Crippen LogP contribution in [0.5, 0.6) is 0 Å². The highest BCUT2D eigenvalue weighted by Gasteiger charge is 2.16. The number of hydrogen-bond donors (Lipinski definition) is 4. The summed E-state index contributed by atoms with van der Waals surface area (Å²) in [6, 6.07) is 9.53. The van der Waals surface area contributed by atoms with Crippen molar-refractivity contribution in [2.24, 2.45) is 10.7 Å². The predicted molar refractivity (Wildman–Crippen MR) is 89.5 cm³/mol. The summed E-state index contributed by atoms with van der Waals surface area (Å²) in [4.78, 5) is 24.3. The van der Waals surface area contributed by atoms with Crippen LogP contribution >= 0.6 is 0 Å². The SMILES string of the molecule is CCc1nc(C(=O)NC(N)=NCc2ccccc2)c(N)nc1N. The third-order valence-corrected chi connectivity index (χ3v) is 3.09. The molecule has 0 bridgehead atoms. The van der Waals surface area contributed by atoms with Crippen molar-refractivity contribution >= 4 is 23.5 Å². The van der Waals surface area contributed by atoms with Crippen molar-refractivity contribution in [2.45, 2.75) is 19.9 Å². The molecule has 2 aromatic rings. The second kappa shape index (κ2) is 7.21. The molecular formula is C15H19N7O. The van der Waals surface area contributed by atoms with Crippen LogP contribution in [0.3, 0.4) is 0 Å². The molecule has 8 nitrogen and oxygen atoms in total. The lowest BCUT2D eigenvalue weighted by molar-refractivity contribution is 0.0972. The highest BCUT2D eigenvalue weighted by Crippen LogP contribution is 2.13. The van der Waals surface area contributed by atoms with Gasteiger partial charge in [0, 0.05) is 0 Å². The number of nitrogen functional groups attached to an aromatic ring is 2. The number of amides is 1. The van der Waals surface area contributed by atoms with Gasteiger partial charge in [-0.25, -0.2) is 15.0 Å². The summed E-state index contributed by atoms with van der Waals surface area (Å²) in [7, 11) is 0. The molecule has 7 N–H and O–H groups in total. The maximum absolute atomic E-state index is 12.2. The third-order valence-electron chi connectivity index (χ3n) is 3.09. The highest BCUT2D eigenvalue weighted by molar-refractivity contribution is 6.06. The fraction of sp³-hybridized carbons (Fsp3) is 0.200. The summed E-state index contributed by atoms with van der Waals surface area (Å²) >= 11 is 0. The first-order chi connectivity index (χ1) is 11.0. The molecule has 1 amide bonds. The van der Waals surface area contributed by atoms with Gasteiger partial charge >= 0.3 is 0 Å². The van der Waals surface area contributed by atoms with Crippen molar-refractivity contribution in [1.29, 1.82) is 0 Å². The minimum absolute atomic E-state index is 0.0186. The number of benzene rings is 1. The van der Waals surface area contributed by atoms with Crippen LogP contribution in [-0.2, 0) is 13.0 Å². The molecule has 8 heteroatoms. The number of aliphatic imine (C=N–C) groups is 1. The number of anilines is 2. The average molecular weight is 313 g/mol. The van der Waals surface area contributed by atoms with Crippen LogP contribution in [-0.4, -0.2) is 21.8 Å². The molecule has 1 aromatic heterocycles. The van der Waals surface area contributed by atoms with E-state index in [0.717, 1.165) is 5.56 Å². The van der Waals surface area contributed by atoms with Gasteiger partial charge < -0.3 is 17.2 Å². The van der Waals surface area contributed by atoms with Gasteiger partial charge in [-0.15, -0.1) is 0 Å². The van der Waals surface area contributed by atoms with Gasteiger partial charge in [-0.1, -0.05) is 37.3 Å². The minimum atomic E-state index is -0.570. The van der Waals surface area contributed by atoms with Gasteiger partial charge in [0.1, 0.15) is 5.82 Å². The second-order valence-electron chi connectivity index (χ2n) is 4.78. The number of aryl methyl sites for hydroxylation is 1. The van der Waals surface area contributed by atoms with E-state index in [0.29, 0.717) is 18.7 Å². The Morgan fingerprint density at radius 1 is 1.17 bits per heavy atom. The molecule has 0 saturated carbocycles. The number of hydrogen-bond acceptors (Lipinski definition) is 6. The van der Waals surface area contributed by atoms with Gasteiger partial charge in [0.25, 0.3) is 5.91 Å². The summed E-state index contributed by atoms with van der Waals surface area (Å²) in [5.41, 5.74) is 18.5. The molecular weight excluding hydrogens is 294 g/mol. The van der Waals surface area contributed by atoms with E-state index in [1.54, 1.807) is 0 Å². The third kappa shape index (κ3) is 4.16. The Morgan fingerprint density at radius 3 is 2.52 bits per heavy atom. The van der Waals surface area contributed by atoms with Gasteiger partial charge in [0.05, 0.1) is 12.2 Å². The molecule has 0 aliphatic rings. The quantitative estimate of drug-likeness (QED) is 0.476. The van der Waals surface area contributed by atoms with Crippen LogP contribution in [0.4, 0.5) is 11.6 Å². The van der Waals surface area contributed by atoms with Crippen molar-refractivity contribution in [3.63, 3.8) is 0 Å². The number of nitrogens with one attached hydrogen (secondary N) is 1. The second-order valence-corrected chi connectivity index (χ2v) is 4.78. The van der Waals surface area contributed by atoms with Crippen molar-refractivity contribution in [2.75, 3.05) is 11.5 Å². The number of nitrogens with zero attached hydrogens (tertiary/aromatic N) is 3. The molecule has 0 aliphatic heterocycles. The smallest absolute Gasteiger partial charge is 0.280 e. The maximum atomic E-state index is 12.2. The van der Waals surface area contributed by atoms with E-state index in [2.05, 4.69) is 20.3 Å². The summed E-state index contributed by atoms with van der Waals surface area (Å²) < 4.78 is 0. The van der Waals surface area contributed by atoms with Crippen molar-refractivity contribution in [3.05, 3.63) is 47.3 Å². The van der Waals surface area contributed by atoms with E-state index >= 15 is 0 Å². The van der Waals surface area contributed by atoms with Gasteiger partial charge in [0.2, 0.25) is 0 Å². The molecule has 2 rings (SSSR count). The lowest BCUT2D eigenvalue weighted by atomic mass is 10.2. The van der Waals surface area contributed by atoms with E-state index in [9.17, 15) is 4.79 Å². The molecule has 1 heterocycles. The van der Waals surface area contributed by atoms with Gasteiger partial charge in [-0.3, -0.25) is 10.1 Å². The Morgan fingerprint density at radius 2 is 1.87 bits per heavy atom. The zero-order valence-corrected chi connectivity index (χ0v) is 12.8. The summed E-state index contributed by atoms with van der Waals surface area (Å²) in [5.74, 6) is -0.422. The van der Waals surface area contributed by atoms with E-state index in [4.69, 9.17) is 17.2 Å². The molecule has 23 heavy (non-hydrogen) atoms. The molecule has 0 spiro atoms. The van der Waals surface area contributed by atoms with E-state index < -0.39 is 5.91 Å². The number of rotatable bonds is 4. The fourth-order valence-electron chi connectivity index (χ4n) is 1.90. The van der Waals surface area contributed by atoms with Gasteiger partial charge in [-0.05, 0) is 12.0 Å². The zero-order valence-electron chi connectivity index (χ0n) is 12.8. The Kier molecular flexibility index (Phi) is 5.08. The standard InChI is InChI=1S/C15H19N7O/c1-2-10-12(16)21-13(17)11(20-10)14(23)22-15(18)19-8-9-6-4-3-5-7-9/h3-7H,2,8H2,1H3,(H4,16,17,21)(H3,18,19,22,23). The summed E-state index contributed by atoms with van der Waals surface area (Å²) in [6.45, 7) is 2.21. The number of carbonyl (C=O) groups is 1. The first-order valence-corrected chi connectivity index (χ1v) is 7.08. The van der Waals surface area contributed by atoms with E-state index in [1.807, 2.05) is 37.3 Å². The molecule has 1 aromatic carbocycles. The van der Waals surface area contributed by atoms with Crippen molar-refractivity contribution in [1.82, 2.24) is 15.3 Å². The van der Waals surface area contributed by atoms with Crippen LogP contribution in [0.15, 0.2) is 35.3 Å². The number of nitrogens with two attached hydrogens (primary N) is 3. The van der Waals surface area contributed by atoms with Crippen LogP contribution in [0.25, 0.3) is 0 Å². The fourth-order valence-corrected chi connectivity index (χ4v) is 1.90. The largest absolute Gasteiger partial charge is 0.382 e. The predicted octanol–water partition coefficient (Wildman–Crippen LogP) is 0.448. The molecule has 0 saturated heterocycles. The van der Waals surface area contributed by atoms with E-state index in [1.165, 1.54) is 0 Å².